The molecule has 0 aromatic heterocycles. The molecule has 0 unspecified atom stereocenters. The quantitative estimate of drug-likeness (QED) is 0.543. The Balaban J connectivity index is 1.65. The van der Waals surface area contributed by atoms with Gasteiger partial charge in [0.05, 0.1) is 18.5 Å². The number of nitrogens with one attached hydrogen (secondary N) is 3. The number of amides is 2. The summed E-state index contributed by atoms with van der Waals surface area (Å²) >= 11 is 1.14. The minimum atomic E-state index is -0.642. The topological polar surface area (TPSA) is 112 Å². The number of carbonyl (C=O) groups excluding carboxylic acids is 2. The zero-order valence-electron chi connectivity index (χ0n) is 15.6. The molecule has 1 saturated heterocycles. The van der Waals surface area contributed by atoms with Crippen LogP contribution in [0.15, 0.2) is 60.2 Å². The van der Waals surface area contributed by atoms with E-state index in [0.717, 1.165) is 17.3 Å². The maximum Gasteiger partial charge on any atom is 0.238 e. The van der Waals surface area contributed by atoms with Crippen LogP contribution in [0.1, 0.15) is 12.0 Å². The number of anilines is 1. The molecule has 1 atom stereocenters. The van der Waals surface area contributed by atoms with E-state index in [1.807, 2.05) is 0 Å². The number of benzene rings is 2. The molecule has 4 N–H and O–H groups in total. The first-order valence-corrected chi connectivity index (χ1v) is 9.56. The Hall–Kier alpha value is -3.46. The van der Waals surface area contributed by atoms with Crippen LogP contribution in [0, 0.1) is 0 Å². The van der Waals surface area contributed by atoms with Crippen molar-refractivity contribution >= 4 is 40.1 Å². The molecule has 0 saturated carbocycles. The Morgan fingerprint density at radius 1 is 1.28 bits per heavy atom. The number of para-hydroxylation sites is 2. The lowest BCUT2D eigenvalue weighted by molar-refractivity contribution is -0.123. The number of nitrogens with zero attached hydrogens (tertiary/aromatic N) is 1. The summed E-state index contributed by atoms with van der Waals surface area (Å²) in [6, 6.07) is 13.5. The van der Waals surface area contributed by atoms with Gasteiger partial charge in [-0.05, 0) is 42.0 Å². The van der Waals surface area contributed by atoms with Gasteiger partial charge in [0.15, 0.2) is 5.17 Å². The third-order valence-electron chi connectivity index (χ3n) is 4.04. The number of methoxy groups -OCH3 is 1. The molecule has 1 aliphatic heterocycles. The van der Waals surface area contributed by atoms with Crippen LogP contribution in [-0.4, -0.2) is 34.4 Å². The first kappa shape index (κ1) is 20.3. The summed E-state index contributed by atoms with van der Waals surface area (Å²) in [4.78, 5) is 24.7. The van der Waals surface area contributed by atoms with Crippen LogP contribution in [-0.2, 0) is 9.59 Å². The second kappa shape index (κ2) is 9.16. The van der Waals surface area contributed by atoms with Crippen molar-refractivity contribution in [2.45, 2.75) is 11.7 Å². The molecular weight excluding hydrogens is 392 g/mol. The van der Waals surface area contributed by atoms with Gasteiger partial charge in [-0.3, -0.25) is 15.0 Å². The van der Waals surface area contributed by atoms with Gasteiger partial charge in [-0.1, -0.05) is 30.5 Å². The first-order chi connectivity index (χ1) is 14.0. The average Bonchev–Trinajstić information content (AvgIpc) is 2.72. The third-order valence-corrected chi connectivity index (χ3v) is 5.12. The monoisotopic (exact) mass is 412 g/mol. The average molecular weight is 412 g/mol. The van der Waals surface area contributed by atoms with Gasteiger partial charge in [-0.2, -0.15) is 0 Å². The standard InChI is InChI=1S/C20H20N4O4S/c1-12(13-7-9-14(25)10-8-13)23-24-20-22-18(26)11-17(29-20)19(27)21-15-5-3-4-6-16(15)28-2/h3-10,17,23,25H,1,11H2,2H3,(H,21,27)(H,22,24,26)/t17-/m0/s1. The van der Waals surface area contributed by atoms with Crippen LogP contribution in [0.2, 0.25) is 0 Å². The number of hydrazone groups is 1. The molecule has 1 aliphatic rings. The number of carbonyl (C=O) groups is 2. The predicted molar refractivity (Wildman–Crippen MR) is 113 cm³/mol. The Kier molecular flexibility index (Phi) is 6.40. The Labute approximate surface area is 172 Å². The zero-order valence-corrected chi connectivity index (χ0v) is 16.5. The first-order valence-electron chi connectivity index (χ1n) is 8.68. The summed E-state index contributed by atoms with van der Waals surface area (Å²) in [5.41, 5.74) is 4.50. The maximum atomic E-state index is 12.6. The van der Waals surface area contributed by atoms with Gasteiger partial charge in [0, 0.05) is 6.42 Å². The summed E-state index contributed by atoms with van der Waals surface area (Å²) in [6.07, 6.45) is 0.0313. The Morgan fingerprint density at radius 3 is 2.72 bits per heavy atom. The highest BCUT2D eigenvalue weighted by Crippen LogP contribution is 2.27. The van der Waals surface area contributed by atoms with Crippen LogP contribution < -0.4 is 20.8 Å². The molecule has 150 valence electrons. The van der Waals surface area contributed by atoms with E-state index in [1.54, 1.807) is 36.4 Å². The predicted octanol–water partition coefficient (Wildman–Crippen LogP) is 2.49. The number of rotatable bonds is 6. The summed E-state index contributed by atoms with van der Waals surface area (Å²) in [6.45, 7) is 3.87. The fraction of sp³-hybridized carbons (Fsp3) is 0.150. The van der Waals surface area contributed by atoms with Crippen LogP contribution in [0.3, 0.4) is 0 Å². The number of ether oxygens (including phenoxy) is 1. The normalized spacial score (nSPS) is 17.3. The zero-order chi connectivity index (χ0) is 20.8. The van der Waals surface area contributed by atoms with Crippen molar-refractivity contribution in [2.24, 2.45) is 5.10 Å². The van der Waals surface area contributed by atoms with Gasteiger partial charge >= 0.3 is 0 Å². The SMILES string of the molecule is C=C(N/N=C1\NC(=O)C[C@@H](C(=O)Nc2ccccc2OC)S1)c1ccc(O)cc1. The molecule has 2 aromatic rings. The number of thioether (sulfide) groups is 1. The summed E-state index contributed by atoms with van der Waals surface area (Å²) in [7, 11) is 1.52. The van der Waals surface area contributed by atoms with Gasteiger partial charge < -0.3 is 20.5 Å². The molecule has 2 amide bonds. The van der Waals surface area contributed by atoms with Crippen molar-refractivity contribution in [3.8, 4) is 11.5 Å². The molecule has 0 radical (unpaired) electrons. The van der Waals surface area contributed by atoms with E-state index >= 15 is 0 Å². The van der Waals surface area contributed by atoms with Gasteiger partial charge in [-0.25, -0.2) is 0 Å². The highest BCUT2D eigenvalue weighted by molar-refractivity contribution is 8.15. The van der Waals surface area contributed by atoms with Crippen molar-refractivity contribution in [2.75, 3.05) is 12.4 Å². The minimum Gasteiger partial charge on any atom is -0.508 e. The lowest BCUT2D eigenvalue weighted by Crippen LogP contribution is -2.42. The number of phenolic OH excluding ortho intramolecular Hbond substituents is 1. The van der Waals surface area contributed by atoms with Crippen molar-refractivity contribution in [3.05, 3.63) is 60.7 Å². The van der Waals surface area contributed by atoms with Gasteiger partial charge in [0.25, 0.3) is 0 Å². The molecule has 2 aromatic carbocycles. The maximum absolute atomic E-state index is 12.6. The number of hydrogen-bond donors (Lipinski definition) is 4. The van der Waals surface area contributed by atoms with Crippen molar-refractivity contribution in [1.29, 1.82) is 0 Å². The van der Waals surface area contributed by atoms with E-state index in [-0.39, 0.29) is 29.2 Å². The molecule has 8 nitrogen and oxygen atoms in total. The lowest BCUT2D eigenvalue weighted by Gasteiger charge is -2.22. The van der Waals surface area contributed by atoms with E-state index in [9.17, 15) is 14.7 Å². The van der Waals surface area contributed by atoms with Crippen LogP contribution in [0.4, 0.5) is 5.69 Å². The Morgan fingerprint density at radius 2 is 2.00 bits per heavy atom. The summed E-state index contributed by atoms with van der Waals surface area (Å²) in [5.74, 6) is 0.0536. The van der Waals surface area contributed by atoms with E-state index in [2.05, 4.69) is 27.7 Å². The number of aromatic hydroxyl groups is 1. The van der Waals surface area contributed by atoms with Gasteiger partial charge in [0.2, 0.25) is 11.8 Å². The molecule has 1 heterocycles. The second-order valence-corrected chi connectivity index (χ2v) is 7.29. The highest BCUT2D eigenvalue weighted by Gasteiger charge is 2.30. The highest BCUT2D eigenvalue weighted by atomic mass is 32.2. The fourth-order valence-electron chi connectivity index (χ4n) is 2.55. The number of amidine groups is 1. The third kappa shape index (κ3) is 5.29. The minimum absolute atomic E-state index is 0.0313. The van der Waals surface area contributed by atoms with Gasteiger partial charge in [-0.15, -0.1) is 5.10 Å². The van der Waals surface area contributed by atoms with Crippen molar-refractivity contribution in [1.82, 2.24) is 10.7 Å². The summed E-state index contributed by atoms with van der Waals surface area (Å²) in [5, 5.41) is 18.5. The van der Waals surface area contributed by atoms with Crippen molar-refractivity contribution in [3.63, 3.8) is 0 Å². The molecule has 0 bridgehead atoms. The van der Waals surface area contributed by atoms with Crippen LogP contribution in [0.5, 0.6) is 11.5 Å². The molecular formula is C20H20N4O4S. The molecule has 29 heavy (non-hydrogen) atoms. The summed E-state index contributed by atoms with van der Waals surface area (Å²) < 4.78 is 5.23. The molecule has 0 spiro atoms. The van der Waals surface area contributed by atoms with E-state index in [0.29, 0.717) is 17.1 Å². The number of phenols is 1. The van der Waals surface area contributed by atoms with E-state index in [4.69, 9.17) is 4.74 Å². The molecule has 3 rings (SSSR count). The van der Waals surface area contributed by atoms with E-state index in [1.165, 1.54) is 19.2 Å². The molecule has 0 aliphatic carbocycles. The number of hydrogen-bond acceptors (Lipinski definition) is 7. The molecule has 1 fully saturated rings. The lowest BCUT2D eigenvalue weighted by atomic mass is 10.2. The van der Waals surface area contributed by atoms with E-state index < -0.39 is 5.25 Å². The van der Waals surface area contributed by atoms with Crippen LogP contribution in [0.25, 0.3) is 5.70 Å². The van der Waals surface area contributed by atoms with Gasteiger partial charge in [0.1, 0.15) is 16.7 Å². The largest absolute Gasteiger partial charge is 0.508 e. The smallest absolute Gasteiger partial charge is 0.238 e. The molecule has 9 heteroatoms. The Bertz CT molecular complexity index is 959. The second-order valence-electron chi connectivity index (χ2n) is 6.10. The fourth-order valence-corrected chi connectivity index (χ4v) is 3.49. The van der Waals surface area contributed by atoms with Crippen LogP contribution >= 0.6 is 11.8 Å². The van der Waals surface area contributed by atoms with Crippen molar-refractivity contribution < 1.29 is 19.4 Å².